The molecule has 0 aliphatic rings. The second-order valence-electron chi connectivity index (χ2n) is 5.20. The Bertz CT molecular complexity index is 854. The molecular formula is C18H15ClN2O2. The molecule has 3 aromatic rings. The highest BCUT2D eigenvalue weighted by molar-refractivity contribution is 6.31. The number of anilines is 2. The second kappa shape index (κ2) is 6.18. The summed E-state index contributed by atoms with van der Waals surface area (Å²) in [6.07, 6.45) is 0. The van der Waals surface area contributed by atoms with Gasteiger partial charge in [-0.1, -0.05) is 23.7 Å². The van der Waals surface area contributed by atoms with Crippen molar-refractivity contribution in [3.8, 4) is 11.3 Å². The van der Waals surface area contributed by atoms with E-state index in [2.05, 4.69) is 5.32 Å². The molecule has 0 unspecified atom stereocenters. The minimum Gasteiger partial charge on any atom is -0.451 e. The van der Waals surface area contributed by atoms with E-state index in [9.17, 15) is 4.79 Å². The first-order valence-electron chi connectivity index (χ1n) is 7.06. The minimum atomic E-state index is -0.320. The minimum absolute atomic E-state index is 0.230. The van der Waals surface area contributed by atoms with Gasteiger partial charge in [-0.05, 0) is 55.0 Å². The van der Waals surface area contributed by atoms with Crippen LogP contribution < -0.4 is 11.1 Å². The standard InChI is InChI=1S/C18H15ClN2O2/c1-11-2-3-12(10-15(11)19)16-8-9-17(23-16)18(22)21-14-6-4-13(20)5-7-14/h2-10H,20H2,1H3,(H,21,22). The first kappa shape index (κ1) is 15.2. The van der Waals surface area contributed by atoms with Crippen molar-refractivity contribution in [2.75, 3.05) is 11.1 Å². The Morgan fingerprint density at radius 1 is 1.09 bits per heavy atom. The molecule has 5 heteroatoms. The number of hydrogen-bond donors (Lipinski definition) is 2. The lowest BCUT2D eigenvalue weighted by molar-refractivity contribution is 0.0997. The zero-order valence-corrected chi connectivity index (χ0v) is 13.2. The van der Waals surface area contributed by atoms with Crippen molar-refractivity contribution < 1.29 is 9.21 Å². The third-order valence-corrected chi connectivity index (χ3v) is 3.86. The number of aryl methyl sites for hydroxylation is 1. The quantitative estimate of drug-likeness (QED) is 0.683. The number of hydrogen-bond acceptors (Lipinski definition) is 3. The highest BCUT2D eigenvalue weighted by Gasteiger charge is 2.13. The van der Waals surface area contributed by atoms with Crippen molar-refractivity contribution in [2.45, 2.75) is 6.92 Å². The number of carbonyl (C=O) groups is 1. The summed E-state index contributed by atoms with van der Waals surface area (Å²) in [5, 5.41) is 3.42. The number of furan rings is 1. The third kappa shape index (κ3) is 3.38. The predicted molar refractivity (Wildman–Crippen MR) is 92.7 cm³/mol. The fraction of sp³-hybridized carbons (Fsp3) is 0.0556. The maximum Gasteiger partial charge on any atom is 0.291 e. The van der Waals surface area contributed by atoms with Crippen LogP contribution in [0.5, 0.6) is 0 Å². The van der Waals surface area contributed by atoms with Gasteiger partial charge in [0.05, 0.1) is 0 Å². The summed E-state index contributed by atoms with van der Waals surface area (Å²) < 4.78 is 5.63. The van der Waals surface area contributed by atoms with Crippen LogP contribution in [-0.4, -0.2) is 5.91 Å². The molecule has 2 aromatic carbocycles. The van der Waals surface area contributed by atoms with Crippen molar-refractivity contribution >= 4 is 28.9 Å². The normalized spacial score (nSPS) is 10.5. The van der Waals surface area contributed by atoms with Crippen LogP contribution in [0.25, 0.3) is 11.3 Å². The van der Waals surface area contributed by atoms with E-state index >= 15 is 0 Å². The van der Waals surface area contributed by atoms with Gasteiger partial charge in [-0.25, -0.2) is 0 Å². The summed E-state index contributed by atoms with van der Waals surface area (Å²) in [4.78, 5) is 12.2. The molecular weight excluding hydrogens is 312 g/mol. The van der Waals surface area contributed by atoms with E-state index in [0.717, 1.165) is 11.1 Å². The van der Waals surface area contributed by atoms with Crippen LogP contribution in [0.15, 0.2) is 59.0 Å². The van der Waals surface area contributed by atoms with E-state index < -0.39 is 0 Å². The number of nitrogens with two attached hydrogens (primary N) is 1. The number of carbonyl (C=O) groups excluding carboxylic acids is 1. The van der Waals surface area contributed by atoms with Crippen LogP contribution in [0.3, 0.4) is 0 Å². The van der Waals surface area contributed by atoms with Crippen LogP contribution in [-0.2, 0) is 0 Å². The summed E-state index contributed by atoms with van der Waals surface area (Å²) in [6, 6.07) is 15.9. The van der Waals surface area contributed by atoms with Crippen LogP contribution in [0.2, 0.25) is 5.02 Å². The molecule has 0 bridgehead atoms. The average molecular weight is 327 g/mol. The predicted octanol–water partition coefficient (Wildman–Crippen LogP) is 4.74. The van der Waals surface area contributed by atoms with Crippen molar-refractivity contribution in [3.05, 3.63) is 70.9 Å². The fourth-order valence-corrected chi connectivity index (χ4v) is 2.30. The van der Waals surface area contributed by atoms with Crippen molar-refractivity contribution in [2.24, 2.45) is 0 Å². The van der Waals surface area contributed by atoms with Gasteiger partial charge in [-0.3, -0.25) is 4.79 Å². The molecule has 23 heavy (non-hydrogen) atoms. The largest absolute Gasteiger partial charge is 0.451 e. The number of nitrogens with one attached hydrogen (secondary N) is 1. The smallest absolute Gasteiger partial charge is 0.291 e. The number of amides is 1. The Balaban J connectivity index is 1.79. The molecule has 116 valence electrons. The molecule has 3 N–H and O–H groups in total. The van der Waals surface area contributed by atoms with E-state index in [1.807, 2.05) is 25.1 Å². The van der Waals surface area contributed by atoms with Crippen molar-refractivity contribution in [1.82, 2.24) is 0 Å². The summed E-state index contributed by atoms with van der Waals surface area (Å²) in [5.41, 5.74) is 8.72. The molecule has 0 spiro atoms. The highest BCUT2D eigenvalue weighted by atomic mass is 35.5. The molecule has 4 nitrogen and oxygen atoms in total. The van der Waals surface area contributed by atoms with Crippen molar-refractivity contribution in [1.29, 1.82) is 0 Å². The zero-order valence-electron chi connectivity index (χ0n) is 12.5. The Morgan fingerprint density at radius 3 is 2.52 bits per heavy atom. The molecule has 0 radical (unpaired) electrons. The molecule has 0 saturated heterocycles. The number of halogens is 1. The molecule has 0 saturated carbocycles. The molecule has 0 aliphatic carbocycles. The monoisotopic (exact) mass is 326 g/mol. The van der Waals surface area contributed by atoms with Crippen LogP contribution in [0, 0.1) is 6.92 Å². The van der Waals surface area contributed by atoms with E-state index in [1.165, 1.54) is 0 Å². The van der Waals surface area contributed by atoms with Gasteiger partial charge >= 0.3 is 0 Å². The number of benzene rings is 2. The summed E-state index contributed by atoms with van der Waals surface area (Å²) in [5.74, 6) is 0.502. The lowest BCUT2D eigenvalue weighted by Gasteiger charge is -2.04. The first-order chi connectivity index (χ1) is 11.0. The second-order valence-corrected chi connectivity index (χ2v) is 5.61. The van der Waals surface area contributed by atoms with Gasteiger partial charge in [0.25, 0.3) is 5.91 Å². The van der Waals surface area contributed by atoms with Gasteiger partial charge in [-0.2, -0.15) is 0 Å². The number of nitrogen functional groups attached to an aromatic ring is 1. The van der Waals surface area contributed by atoms with Gasteiger partial charge in [0, 0.05) is 22.0 Å². The Kier molecular flexibility index (Phi) is 4.08. The molecule has 0 fully saturated rings. The summed E-state index contributed by atoms with van der Waals surface area (Å²) in [6.45, 7) is 1.93. The third-order valence-electron chi connectivity index (χ3n) is 3.45. The lowest BCUT2D eigenvalue weighted by Crippen LogP contribution is -2.10. The molecule has 0 atom stereocenters. The van der Waals surface area contributed by atoms with Crippen LogP contribution in [0.1, 0.15) is 16.1 Å². The molecule has 1 amide bonds. The van der Waals surface area contributed by atoms with Gasteiger partial charge < -0.3 is 15.5 Å². The molecule has 3 rings (SSSR count). The Hall–Kier alpha value is -2.72. The van der Waals surface area contributed by atoms with Gasteiger partial charge in [0.15, 0.2) is 5.76 Å². The van der Waals surface area contributed by atoms with E-state index in [-0.39, 0.29) is 11.7 Å². The average Bonchev–Trinajstić information content (AvgIpc) is 3.02. The summed E-state index contributed by atoms with van der Waals surface area (Å²) in [7, 11) is 0. The van der Waals surface area contributed by atoms with Crippen LogP contribution in [0.4, 0.5) is 11.4 Å². The number of rotatable bonds is 3. The molecule has 1 aromatic heterocycles. The van der Waals surface area contributed by atoms with Crippen LogP contribution >= 0.6 is 11.6 Å². The highest BCUT2D eigenvalue weighted by Crippen LogP contribution is 2.27. The van der Waals surface area contributed by atoms with Gasteiger partial charge in [0.2, 0.25) is 0 Å². The first-order valence-corrected chi connectivity index (χ1v) is 7.44. The topological polar surface area (TPSA) is 68.3 Å². The van der Waals surface area contributed by atoms with Crippen molar-refractivity contribution in [3.63, 3.8) is 0 Å². The van der Waals surface area contributed by atoms with E-state index in [1.54, 1.807) is 36.4 Å². The SMILES string of the molecule is Cc1ccc(-c2ccc(C(=O)Nc3ccc(N)cc3)o2)cc1Cl. The Morgan fingerprint density at radius 2 is 1.83 bits per heavy atom. The Labute approximate surface area is 138 Å². The van der Waals surface area contributed by atoms with Gasteiger partial charge in [-0.15, -0.1) is 0 Å². The molecule has 1 heterocycles. The fourth-order valence-electron chi connectivity index (χ4n) is 2.12. The maximum absolute atomic E-state index is 12.2. The lowest BCUT2D eigenvalue weighted by atomic mass is 10.1. The molecule has 0 aliphatic heterocycles. The maximum atomic E-state index is 12.2. The van der Waals surface area contributed by atoms with Gasteiger partial charge in [0.1, 0.15) is 5.76 Å². The van der Waals surface area contributed by atoms with E-state index in [0.29, 0.717) is 22.2 Å². The zero-order chi connectivity index (χ0) is 16.4. The van der Waals surface area contributed by atoms with E-state index in [4.69, 9.17) is 21.8 Å². The summed E-state index contributed by atoms with van der Waals surface area (Å²) >= 11 is 6.12.